The molecule has 0 aliphatic carbocycles. The Kier molecular flexibility index (Phi) is 5.31. The van der Waals surface area contributed by atoms with Crippen molar-refractivity contribution in [3.05, 3.63) is 71.8 Å². The van der Waals surface area contributed by atoms with E-state index in [0.717, 1.165) is 17.7 Å². The highest BCUT2D eigenvalue weighted by molar-refractivity contribution is 5.89. The van der Waals surface area contributed by atoms with Gasteiger partial charge in [0.15, 0.2) is 0 Å². The van der Waals surface area contributed by atoms with Crippen molar-refractivity contribution < 1.29 is 22.4 Å². The number of nitriles is 1. The molecular formula is C19H13F3N4O2. The van der Waals surface area contributed by atoms with Gasteiger partial charge in [0.05, 0.1) is 23.7 Å². The van der Waals surface area contributed by atoms with E-state index in [4.69, 9.17) is 9.68 Å². The molecule has 0 spiro atoms. The molecule has 0 radical (unpaired) electrons. The van der Waals surface area contributed by atoms with Crippen LogP contribution in [0.4, 0.5) is 23.7 Å². The molecule has 2 amide bonds. The first-order chi connectivity index (χ1) is 13.3. The molecule has 0 atom stereocenters. The molecule has 0 fully saturated rings. The molecule has 142 valence electrons. The maximum absolute atomic E-state index is 12.7. The van der Waals surface area contributed by atoms with Crippen LogP contribution in [0.3, 0.4) is 0 Å². The molecule has 1 heterocycles. The second kappa shape index (κ2) is 7.84. The van der Waals surface area contributed by atoms with Gasteiger partial charge in [0, 0.05) is 11.3 Å². The lowest BCUT2D eigenvalue weighted by Crippen LogP contribution is -2.28. The third-order valence-corrected chi connectivity index (χ3v) is 3.71. The van der Waals surface area contributed by atoms with Gasteiger partial charge in [-0.2, -0.15) is 18.4 Å². The van der Waals surface area contributed by atoms with Gasteiger partial charge in [-0.15, -0.1) is 0 Å². The normalized spacial score (nSPS) is 10.9. The predicted octanol–water partition coefficient (Wildman–Crippen LogP) is 4.55. The molecule has 28 heavy (non-hydrogen) atoms. The van der Waals surface area contributed by atoms with E-state index in [1.807, 2.05) is 6.07 Å². The van der Waals surface area contributed by atoms with Gasteiger partial charge in [-0.25, -0.2) is 9.78 Å². The highest BCUT2D eigenvalue weighted by atomic mass is 19.4. The summed E-state index contributed by atoms with van der Waals surface area (Å²) in [5.41, 5.74) is 0.936. The maximum Gasteiger partial charge on any atom is 0.416 e. The highest BCUT2D eigenvalue weighted by Crippen LogP contribution is 2.30. The van der Waals surface area contributed by atoms with Crippen LogP contribution in [-0.2, 0) is 12.7 Å². The number of alkyl halides is 3. The number of aromatic nitrogens is 1. The van der Waals surface area contributed by atoms with E-state index in [-0.39, 0.29) is 18.1 Å². The molecule has 0 saturated carbocycles. The first kappa shape index (κ1) is 19.0. The van der Waals surface area contributed by atoms with Crippen LogP contribution < -0.4 is 10.6 Å². The van der Waals surface area contributed by atoms with Crippen LogP contribution in [0.2, 0.25) is 0 Å². The van der Waals surface area contributed by atoms with Crippen molar-refractivity contribution in [3.63, 3.8) is 0 Å². The zero-order valence-electron chi connectivity index (χ0n) is 14.2. The molecule has 3 aromatic rings. The quantitative estimate of drug-likeness (QED) is 0.688. The number of urea groups is 1. The Balaban J connectivity index is 1.58. The summed E-state index contributed by atoms with van der Waals surface area (Å²) in [7, 11) is 0. The Bertz CT molecular complexity index is 1020. The number of nitrogens with zero attached hydrogens (tertiary/aromatic N) is 2. The smallest absolute Gasteiger partial charge is 0.416 e. The van der Waals surface area contributed by atoms with Crippen molar-refractivity contribution >= 4 is 11.7 Å². The van der Waals surface area contributed by atoms with Crippen LogP contribution in [0.15, 0.2) is 59.2 Å². The summed E-state index contributed by atoms with van der Waals surface area (Å²) < 4.78 is 43.4. The number of oxazole rings is 1. The Hall–Kier alpha value is -3.80. The molecule has 0 unspecified atom stereocenters. The van der Waals surface area contributed by atoms with E-state index in [2.05, 4.69) is 15.6 Å². The zero-order valence-corrected chi connectivity index (χ0v) is 14.2. The fourth-order valence-electron chi connectivity index (χ4n) is 2.34. The molecule has 0 bridgehead atoms. The summed E-state index contributed by atoms with van der Waals surface area (Å²) in [6.07, 6.45) is -3.09. The molecule has 6 nitrogen and oxygen atoms in total. The molecule has 3 rings (SSSR count). The standard InChI is InChI=1S/C19H13F3N4O2/c20-19(21,22)14-2-1-3-15(8-14)25-18(27)24-10-17-26-16(11-28-17)13-6-4-12(9-23)5-7-13/h1-8,11H,10H2,(H2,24,25,27). The summed E-state index contributed by atoms with van der Waals surface area (Å²) in [5.74, 6) is 0.221. The van der Waals surface area contributed by atoms with Crippen molar-refractivity contribution in [2.24, 2.45) is 0 Å². The third-order valence-electron chi connectivity index (χ3n) is 3.71. The summed E-state index contributed by atoms with van der Waals surface area (Å²) >= 11 is 0. The second-order valence-corrected chi connectivity index (χ2v) is 5.70. The highest BCUT2D eigenvalue weighted by Gasteiger charge is 2.30. The summed E-state index contributed by atoms with van der Waals surface area (Å²) in [6, 6.07) is 12.3. The van der Waals surface area contributed by atoms with E-state index in [1.165, 1.54) is 18.4 Å². The summed E-state index contributed by atoms with van der Waals surface area (Å²) in [4.78, 5) is 16.1. The van der Waals surface area contributed by atoms with E-state index in [1.54, 1.807) is 24.3 Å². The zero-order chi connectivity index (χ0) is 20.1. The lowest BCUT2D eigenvalue weighted by Gasteiger charge is -2.10. The van der Waals surface area contributed by atoms with Crippen molar-refractivity contribution in [2.45, 2.75) is 12.7 Å². The van der Waals surface area contributed by atoms with Crippen LogP contribution in [0.25, 0.3) is 11.3 Å². The number of hydrogen-bond donors (Lipinski definition) is 2. The number of carbonyl (C=O) groups is 1. The van der Waals surface area contributed by atoms with Gasteiger partial charge in [0.2, 0.25) is 5.89 Å². The fourth-order valence-corrected chi connectivity index (χ4v) is 2.34. The van der Waals surface area contributed by atoms with Crippen LogP contribution in [0.5, 0.6) is 0 Å². The fraction of sp³-hybridized carbons (Fsp3) is 0.105. The van der Waals surface area contributed by atoms with E-state index >= 15 is 0 Å². The van der Waals surface area contributed by atoms with Crippen molar-refractivity contribution in [3.8, 4) is 17.3 Å². The Morgan fingerprint density at radius 2 is 1.93 bits per heavy atom. The number of nitrogens with one attached hydrogen (secondary N) is 2. The number of rotatable bonds is 4. The molecule has 0 saturated heterocycles. The van der Waals surface area contributed by atoms with Gasteiger partial charge >= 0.3 is 12.2 Å². The monoisotopic (exact) mass is 386 g/mol. The van der Waals surface area contributed by atoms with Crippen molar-refractivity contribution in [1.29, 1.82) is 5.26 Å². The Morgan fingerprint density at radius 3 is 2.61 bits per heavy atom. The number of benzene rings is 2. The number of amides is 2. The lowest BCUT2D eigenvalue weighted by molar-refractivity contribution is -0.137. The molecule has 0 aliphatic heterocycles. The van der Waals surface area contributed by atoms with Gasteiger partial charge in [0.1, 0.15) is 12.0 Å². The van der Waals surface area contributed by atoms with Gasteiger partial charge in [-0.05, 0) is 30.3 Å². The van der Waals surface area contributed by atoms with Gasteiger partial charge < -0.3 is 15.1 Å². The molecule has 0 aliphatic rings. The Morgan fingerprint density at radius 1 is 1.18 bits per heavy atom. The van der Waals surface area contributed by atoms with Gasteiger partial charge in [-0.1, -0.05) is 18.2 Å². The minimum absolute atomic E-state index is 0.0120. The molecule has 2 aromatic carbocycles. The minimum Gasteiger partial charge on any atom is -0.446 e. The second-order valence-electron chi connectivity index (χ2n) is 5.70. The predicted molar refractivity (Wildman–Crippen MR) is 94.0 cm³/mol. The number of hydrogen-bond acceptors (Lipinski definition) is 4. The van der Waals surface area contributed by atoms with Crippen molar-refractivity contribution in [1.82, 2.24) is 10.3 Å². The first-order valence-corrected chi connectivity index (χ1v) is 8.02. The number of anilines is 1. The molecular weight excluding hydrogens is 373 g/mol. The van der Waals surface area contributed by atoms with E-state index in [9.17, 15) is 18.0 Å². The number of halogens is 3. The topological polar surface area (TPSA) is 91.0 Å². The largest absolute Gasteiger partial charge is 0.446 e. The van der Waals surface area contributed by atoms with E-state index in [0.29, 0.717) is 11.3 Å². The molecule has 9 heteroatoms. The van der Waals surface area contributed by atoms with Gasteiger partial charge in [-0.3, -0.25) is 0 Å². The van der Waals surface area contributed by atoms with Crippen LogP contribution in [0, 0.1) is 11.3 Å². The summed E-state index contributed by atoms with van der Waals surface area (Å²) in [6.45, 7) is -0.0545. The van der Waals surface area contributed by atoms with Crippen LogP contribution >= 0.6 is 0 Å². The van der Waals surface area contributed by atoms with Crippen LogP contribution in [-0.4, -0.2) is 11.0 Å². The average Bonchev–Trinajstić information content (AvgIpc) is 3.15. The van der Waals surface area contributed by atoms with Gasteiger partial charge in [0.25, 0.3) is 0 Å². The Labute approximate surface area is 157 Å². The SMILES string of the molecule is N#Cc1ccc(-c2coc(CNC(=O)Nc3cccc(C(F)(F)F)c3)n2)cc1. The molecule has 2 N–H and O–H groups in total. The lowest BCUT2D eigenvalue weighted by atomic mass is 10.1. The minimum atomic E-state index is -4.49. The van der Waals surface area contributed by atoms with Crippen molar-refractivity contribution in [2.75, 3.05) is 5.32 Å². The maximum atomic E-state index is 12.7. The molecule has 1 aromatic heterocycles. The average molecular weight is 386 g/mol. The third kappa shape index (κ3) is 4.67. The summed E-state index contributed by atoms with van der Waals surface area (Å²) in [5, 5.41) is 13.6. The first-order valence-electron chi connectivity index (χ1n) is 8.02. The van der Waals surface area contributed by atoms with Crippen LogP contribution in [0.1, 0.15) is 17.0 Å². The number of carbonyl (C=O) groups excluding carboxylic acids is 1. The van der Waals surface area contributed by atoms with E-state index < -0.39 is 17.8 Å².